The normalized spacial score (nSPS) is 11.3. The van der Waals surface area contributed by atoms with Crippen LogP contribution in [0.4, 0.5) is 33.7 Å². The Kier molecular flexibility index (Phi) is 6.34. The predicted molar refractivity (Wildman–Crippen MR) is 102 cm³/mol. The van der Waals surface area contributed by atoms with Crippen LogP contribution < -0.4 is 15.4 Å². The maximum atomic E-state index is 13.4. The average Bonchev–Trinajstić information content (AvgIpc) is 2.68. The lowest BCUT2D eigenvalue weighted by Gasteiger charge is -2.12. The quantitative estimate of drug-likeness (QED) is 0.500. The molecule has 10 heteroatoms. The summed E-state index contributed by atoms with van der Waals surface area (Å²) in [4.78, 5) is 8.58. The molecule has 0 unspecified atom stereocenters. The fraction of sp³-hybridized carbons (Fsp3) is 0.200. The Balaban J connectivity index is 1.87. The number of hydrogen-bond acceptors (Lipinski definition) is 5. The first kappa shape index (κ1) is 21.3. The van der Waals surface area contributed by atoms with Gasteiger partial charge in [-0.2, -0.15) is 4.98 Å². The lowest BCUT2D eigenvalue weighted by Crippen LogP contribution is -2.17. The van der Waals surface area contributed by atoms with E-state index in [4.69, 9.17) is 0 Å². The van der Waals surface area contributed by atoms with Gasteiger partial charge in [-0.05, 0) is 36.8 Å². The summed E-state index contributed by atoms with van der Waals surface area (Å²) in [5, 5.41) is 5.92. The zero-order valence-electron chi connectivity index (χ0n) is 15.7. The highest BCUT2D eigenvalue weighted by atomic mass is 19.4. The van der Waals surface area contributed by atoms with E-state index in [2.05, 4.69) is 25.3 Å². The Morgan fingerprint density at radius 1 is 0.933 bits per heavy atom. The molecule has 0 aliphatic carbocycles. The smallest absolute Gasteiger partial charge is 0.406 e. The Morgan fingerprint density at radius 2 is 1.73 bits per heavy atom. The fourth-order valence-corrected chi connectivity index (χ4v) is 2.62. The molecule has 30 heavy (non-hydrogen) atoms. The first-order valence-corrected chi connectivity index (χ1v) is 8.90. The van der Waals surface area contributed by atoms with E-state index < -0.39 is 18.0 Å². The minimum absolute atomic E-state index is 0.149. The Morgan fingerprint density at radius 3 is 2.43 bits per heavy atom. The van der Waals surface area contributed by atoms with E-state index in [1.165, 1.54) is 30.3 Å². The van der Waals surface area contributed by atoms with E-state index in [1.54, 1.807) is 6.07 Å². The van der Waals surface area contributed by atoms with Crippen molar-refractivity contribution in [2.24, 2.45) is 0 Å². The van der Waals surface area contributed by atoms with Crippen LogP contribution in [-0.2, 0) is 6.54 Å². The molecular weight excluding hydrogens is 407 g/mol. The predicted octanol–water partition coefficient (Wildman–Crippen LogP) is 5.36. The number of benzene rings is 2. The molecule has 1 heterocycles. The molecule has 0 amide bonds. The number of nitrogens with zero attached hydrogens (tertiary/aromatic N) is 2. The van der Waals surface area contributed by atoms with Gasteiger partial charge in [-0.1, -0.05) is 18.2 Å². The van der Waals surface area contributed by atoms with Crippen molar-refractivity contribution in [3.8, 4) is 17.0 Å². The van der Waals surface area contributed by atoms with Gasteiger partial charge in [0.1, 0.15) is 11.6 Å². The van der Waals surface area contributed by atoms with Crippen LogP contribution in [0, 0.1) is 11.6 Å². The van der Waals surface area contributed by atoms with E-state index in [9.17, 15) is 22.0 Å². The van der Waals surface area contributed by atoms with Crippen LogP contribution in [0.5, 0.6) is 5.75 Å². The number of rotatable bonds is 7. The standard InChI is InChI=1S/C20H17F5N4O/c1-2-26-19-28-17(13-4-3-5-14(9-13)30-20(23,24)25)10-18(29-19)27-11-12-6-7-15(21)16(22)8-12/h3-10H,2,11H2,1H3,(H2,26,27,28,29). The van der Waals surface area contributed by atoms with E-state index in [0.717, 1.165) is 12.1 Å². The van der Waals surface area contributed by atoms with Crippen molar-refractivity contribution in [3.05, 3.63) is 65.7 Å². The number of hydrogen-bond donors (Lipinski definition) is 2. The van der Waals surface area contributed by atoms with Gasteiger partial charge in [-0.3, -0.25) is 0 Å². The largest absolute Gasteiger partial charge is 0.573 e. The van der Waals surface area contributed by atoms with E-state index in [0.29, 0.717) is 29.2 Å². The van der Waals surface area contributed by atoms with E-state index >= 15 is 0 Å². The number of anilines is 2. The van der Waals surface area contributed by atoms with Crippen molar-refractivity contribution >= 4 is 11.8 Å². The van der Waals surface area contributed by atoms with Crippen LogP contribution in [0.25, 0.3) is 11.3 Å². The van der Waals surface area contributed by atoms with Crippen LogP contribution in [-0.4, -0.2) is 22.9 Å². The average molecular weight is 424 g/mol. The van der Waals surface area contributed by atoms with Gasteiger partial charge in [0, 0.05) is 24.7 Å². The van der Waals surface area contributed by atoms with Gasteiger partial charge in [0.15, 0.2) is 11.6 Å². The molecule has 158 valence electrons. The van der Waals surface area contributed by atoms with Crippen molar-refractivity contribution in [2.75, 3.05) is 17.2 Å². The molecule has 3 aromatic rings. The molecule has 1 aromatic heterocycles. The van der Waals surface area contributed by atoms with Crippen LogP contribution in [0.1, 0.15) is 12.5 Å². The summed E-state index contributed by atoms with van der Waals surface area (Å²) >= 11 is 0. The molecule has 0 aliphatic heterocycles. The Hall–Kier alpha value is -3.43. The maximum Gasteiger partial charge on any atom is 0.573 e. The molecular formula is C20H17F5N4O. The third-order valence-electron chi connectivity index (χ3n) is 3.88. The molecule has 0 aliphatic rings. The van der Waals surface area contributed by atoms with Crippen molar-refractivity contribution in [1.82, 2.24) is 9.97 Å². The second-order valence-corrected chi connectivity index (χ2v) is 6.17. The van der Waals surface area contributed by atoms with Gasteiger partial charge in [0.25, 0.3) is 0 Å². The molecule has 0 saturated heterocycles. The highest BCUT2D eigenvalue weighted by molar-refractivity contribution is 5.66. The van der Waals surface area contributed by atoms with Gasteiger partial charge in [0.05, 0.1) is 5.69 Å². The Labute approximate surface area is 168 Å². The van der Waals surface area contributed by atoms with Crippen LogP contribution >= 0.6 is 0 Å². The number of alkyl halides is 3. The molecule has 0 saturated carbocycles. The highest BCUT2D eigenvalue weighted by Crippen LogP contribution is 2.28. The van der Waals surface area contributed by atoms with Gasteiger partial charge in [-0.15, -0.1) is 13.2 Å². The molecule has 2 N–H and O–H groups in total. The third-order valence-corrected chi connectivity index (χ3v) is 3.88. The van der Waals surface area contributed by atoms with Crippen molar-refractivity contribution in [3.63, 3.8) is 0 Å². The van der Waals surface area contributed by atoms with E-state index in [-0.39, 0.29) is 18.2 Å². The van der Waals surface area contributed by atoms with Gasteiger partial charge in [-0.25, -0.2) is 13.8 Å². The third kappa shape index (κ3) is 5.79. The van der Waals surface area contributed by atoms with Crippen molar-refractivity contribution in [2.45, 2.75) is 19.8 Å². The van der Waals surface area contributed by atoms with E-state index in [1.807, 2.05) is 6.92 Å². The number of halogens is 5. The minimum Gasteiger partial charge on any atom is -0.406 e. The number of nitrogens with one attached hydrogen (secondary N) is 2. The Bertz CT molecular complexity index is 1030. The molecule has 3 rings (SSSR count). The summed E-state index contributed by atoms with van der Waals surface area (Å²) in [6, 6.07) is 10.4. The number of ether oxygens (including phenoxy) is 1. The summed E-state index contributed by atoms with van der Waals surface area (Å²) in [5.41, 5.74) is 1.22. The second kappa shape index (κ2) is 8.93. The molecule has 0 atom stereocenters. The summed E-state index contributed by atoms with van der Waals surface area (Å²) in [6.07, 6.45) is -4.81. The lowest BCUT2D eigenvalue weighted by atomic mass is 10.1. The molecule has 5 nitrogen and oxygen atoms in total. The van der Waals surface area contributed by atoms with Gasteiger partial charge >= 0.3 is 6.36 Å². The summed E-state index contributed by atoms with van der Waals surface area (Å²) < 4.78 is 67.9. The SMILES string of the molecule is CCNc1nc(NCc2ccc(F)c(F)c2)cc(-c2cccc(OC(F)(F)F)c2)n1. The van der Waals surface area contributed by atoms with Crippen molar-refractivity contribution in [1.29, 1.82) is 0 Å². The number of aromatic nitrogens is 2. The zero-order valence-corrected chi connectivity index (χ0v) is 15.7. The topological polar surface area (TPSA) is 59.1 Å². The van der Waals surface area contributed by atoms with Gasteiger partial charge in [0.2, 0.25) is 5.95 Å². The molecule has 0 bridgehead atoms. The zero-order chi connectivity index (χ0) is 21.7. The maximum absolute atomic E-state index is 13.4. The fourth-order valence-electron chi connectivity index (χ4n) is 2.62. The summed E-state index contributed by atoms with van der Waals surface area (Å²) in [6.45, 7) is 2.50. The first-order chi connectivity index (χ1) is 14.2. The van der Waals surface area contributed by atoms with Crippen LogP contribution in [0.3, 0.4) is 0 Å². The molecule has 0 spiro atoms. The second-order valence-electron chi connectivity index (χ2n) is 6.17. The first-order valence-electron chi connectivity index (χ1n) is 8.90. The lowest BCUT2D eigenvalue weighted by molar-refractivity contribution is -0.274. The minimum atomic E-state index is -4.81. The molecule has 2 aromatic carbocycles. The molecule has 0 fully saturated rings. The van der Waals surface area contributed by atoms with Crippen LogP contribution in [0.15, 0.2) is 48.5 Å². The van der Waals surface area contributed by atoms with Crippen molar-refractivity contribution < 1.29 is 26.7 Å². The summed E-state index contributed by atoms with van der Waals surface area (Å²) in [5.74, 6) is -1.68. The summed E-state index contributed by atoms with van der Waals surface area (Å²) in [7, 11) is 0. The molecule has 0 radical (unpaired) electrons. The van der Waals surface area contributed by atoms with Gasteiger partial charge < -0.3 is 15.4 Å². The highest BCUT2D eigenvalue weighted by Gasteiger charge is 2.31. The van der Waals surface area contributed by atoms with Crippen LogP contribution in [0.2, 0.25) is 0 Å². The monoisotopic (exact) mass is 424 g/mol.